The molecular formula is C14H18N4O2. The minimum atomic E-state index is -0.360. The summed E-state index contributed by atoms with van der Waals surface area (Å²) >= 11 is 0. The molecule has 0 saturated carbocycles. The standard InChI is InChI=1S/C14H18N4O2/c1-9-13(6-5-7-14(9)18(19)20)15-8-12-10(2)16-17(4)11(12)3/h5-7,15H,8H2,1-4H3. The molecule has 0 unspecified atom stereocenters. The normalized spacial score (nSPS) is 10.6. The molecule has 0 atom stereocenters. The van der Waals surface area contributed by atoms with E-state index in [-0.39, 0.29) is 10.6 Å². The van der Waals surface area contributed by atoms with Crippen LogP contribution in [0.5, 0.6) is 0 Å². The molecule has 0 spiro atoms. The first-order valence-electron chi connectivity index (χ1n) is 6.38. The van der Waals surface area contributed by atoms with Crippen molar-refractivity contribution < 1.29 is 4.92 Å². The maximum absolute atomic E-state index is 10.9. The Morgan fingerprint density at radius 1 is 1.35 bits per heavy atom. The van der Waals surface area contributed by atoms with Gasteiger partial charge in [0, 0.05) is 42.2 Å². The minimum absolute atomic E-state index is 0.134. The van der Waals surface area contributed by atoms with Crippen LogP contribution in [0.25, 0.3) is 0 Å². The summed E-state index contributed by atoms with van der Waals surface area (Å²) in [5.74, 6) is 0. The van der Waals surface area contributed by atoms with Crippen LogP contribution in [0.4, 0.5) is 11.4 Å². The van der Waals surface area contributed by atoms with Gasteiger partial charge in [0.05, 0.1) is 10.6 Å². The minimum Gasteiger partial charge on any atom is -0.380 e. The zero-order valence-corrected chi connectivity index (χ0v) is 12.1. The van der Waals surface area contributed by atoms with Gasteiger partial charge in [0.1, 0.15) is 0 Å². The maximum Gasteiger partial charge on any atom is 0.274 e. The number of aromatic nitrogens is 2. The smallest absolute Gasteiger partial charge is 0.274 e. The van der Waals surface area contributed by atoms with Crippen LogP contribution in [0.2, 0.25) is 0 Å². The summed E-state index contributed by atoms with van der Waals surface area (Å²) in [6, 6.07) is 5.06. The zero-order valence-electron chi connectivity index (χ0n) is 12.1. The van der Waals surface area contributed by atoms with Crippen LogP contribution in [0.15, 0.2) is 18.2 Å². The number of rotatable bonds is 4. The fourth-order valence-electron chi connectivity index (χ4n) is 2.27. The Hall–Kier alpha value is -2.37. The fourth-order valence-corrected chi connectivity index (χ4v) is 2.27. The molecule has 1 aromatic heterocycles. The van der Waals surface area contributed by atoms with E-state index >= 15 is 0 Å². The summed E-state index contributed by atoms with van der Waals surface area (Å²) in [4.78, 5) is 10.6. The van der Waals surface area contributed by atoms with Gasteiger partial charge in [-0.25, -0.2) is 0 Å². The SMILES string of the molecule is Cc1nn(C)c(C)c1CNc1cccc([N+](=O)[O-])c1C. The van der Waals surface area contributed by atoms with E-state index in [0.29, 0.717) is 12.1 Å². The lowest BCUT2D eigenvalue weighted by atomic mass is 10.1. The van der Waals surface area contributed by atoms with Crippen LogP contribution in [-0.4, -0.2) is 14.7 Å². The number of hydrogen-bond acceptors (Lipinski definition) is 4. The number of nitro groups is 1. The van der Waals surface area contributed by atoms with Crippen molar-refractivity contribution in [1.82, 2.24) is 9.78 Å². The molecule has 2 aromatic rings. The molecule has 0 saturated heterocycles. The van der Waals surface area contributed by atoms with Crippen LogP contribution >= 0.6 is 0 Å². The van der Waals surface area contributed by atoms with Gasteiger partial charge < -0.3 is 5.32 Å². The second kappa shape index (κ2) is 5.32. The highest BCUT2D eigenvalue weighted by molar-refractivity contribution is 5.60. The quantitative estimate of drug-likeness (QED) is 0.687. The number of nitro benzene ring substituents is 1. The van der Waals surface area contributed by atoms with E-state index in [1.807, 2.05) is 31.6 Å². The van der Waals surface area contributed by atoms with Gasteiger partial charge in [0.2, 0.25) is 0 Å². The number of nitrogens with one attached hydrogen (secondary N) is 1. The molecule has 20 heavy (non-hydrogen) atoms. The van der Waals surface area contributed by atoms with Gasteiger partial charge >= 0.3 is 0 Å². The molecule has 0 aliphatic carbocycles. The van der Waals surface area contributed by atoms with Crippen molar-refractivity contribution in [2.45, 2.75) is 27.3 Å². The van der Waals surface area contributed by atoms with Crippen LogP contribution < -0.4 is 5.32 Å². The number of aryl methyl sites for hydroxylation is 2. The van der Waals surface area contributed by atoms with Crippen molar-refractivity contribution in [3.8, 4) is 0 Å². The highest BCUT2D eigenvalue weighted by Crippen LogP contribution is 2.26. The Balaban J connectivity index is 2.23. The Kier molecular flexibility index (Phi) is 3.74. The van der Waals surface area contributed by atoms with Gasteiger partial charge in [-0.15, -0.1) is 0 Å². The number of benzene rings is 1. The highest BCUT2D eigenvalue weighted by Gasteiger charge is 2.14. The molecule has 1 N–H and O–H groups in total. The van der Waals surface area contributed by atoms with Gasteiger partial charge in [0.15, 0.2) is 0 Å². The van der Waals surface area contributed by atoms with Gasteiger partial charge in [-0.2, -0.15) is 5.10 Å². The van der Waals surface area contributed by atoms with Crippen molar-refractivity contribution in [3.63, 3.8) is 0 Å². The molecule has 1 aromatic carbocycles. The van der Waals surface area contributed by atoms with E-state index < -0.39 is 0 Å². The fraction of sp³-hybridized carbons (Fsp3) is 0.357. The van der Waals surface area contributed by atoms with E-state index in [9.17, 15) is 10.1 Å². The Morgan fingerprint density at radius 3 is 2.60 bits per heavy atom. The van der Waals surface area contributed by atoms with E-state index in [2.05, 4.69) is 10.4 Å². The van der Waals surface area contributed by atoms with E-state index in [0.717, 1.165) is 22.6 Å². The lowest BCUT2D eigenvalue weighted by Gasteiger charge is -2.10. The summed E-state index contributed by atoms with van der Waals surface area (Å²) in [6.07, 6.45) is 0. The molecule has 0 radical (unpaired) electrons. The van der Waals surface area contributed by atoms with Gasteiger partial charge in [-0.3, -0.25) is 14.8 Å². The molecule has 0 amide bonds. The monoisotopic (exact) mass is 274 g/mol. The summed E-state index contributed by atoms with van der Waals surface area (Å²) in [6.45, 7) is 6.33. The van der Waals surface area contributed by atoms with Crippen LogP contribution in [0.1, 0.15) is 22.5 Å². The topological polar surface area (TPSA) is 73.0 Å². The van der Waals surface area contributed by atoms with Crippen LogP contribution in [0, 0.1) is 30.9 Å². The third-order valence-electron chi connectivity index (χ3n) is 3.62. The highest BCUT2D eigenvalue weighted by atomic mass is 16.6. The molecule has 0 bridgehead atoms. The van der Waals surface area contributed by atoms with Crippen LogP contribution in [-0.2, 0) is 13.6 Å². The van der Waals surface area contributed by atoms with Crippen molar-refractivity contribution in [3.05, 3.63) is 50.8 Å². The molecule has 0 aliphatic heterocycles. The van der Waals surface area contributed by atoms with Gasteiger partial charge in [-0.1, -0.05) is 6.07 Å². The Morgan fingerprint density at radius 2 is 2.05 bits per heavy atom. The average Bonchev–Trinajstić information content (AvgIpc) is 2.62. The molecule has 1 heterocycles. The van der Waals surface area contributed by atoms with Crippen molar-refractivity contribution in [2.75, 3.05) is 5.32 Å². The largest absolute Gasteiger partial charge is 0.380 e. The average molecular weight is 274 g/mol. The molecule has 0 fully saturated rings. The third-order valence-corrected chi connectivity index (χ3v) is 3.62. The third kappa shape index (κ3) is 2.49. The molecule has 6 heteroatoms. The summed E-state index contributed by atoms with van der Waals surface area (Å²) in [5, 5.41) is 18.5. The number of anilines is 1. The summed E-state index contributed by atoms with van der Waals surface area (Å²) in [5.41, 5.74) is 4.75. The van der Waals surface area contributed by atoms with Gasteiger partial charge in [-0.05, 0) is 26.8 Å². The first-order chi connectivity index (χ1) is 9.41. The van der Waals surface area contributed by atoms with Crippen LogP contribution in [0.3, 0.4) is 0 Å². The predicted octanol–water partition coefficient (Wildman–Crippen LogP) is 2.87. The van der Waals surface area contributed by atoms with E-state index in [1.165, 1.54) is 6.07 Å². The molecular weight excluding hydrogens is 256 g/mol. The van der Waals surface area contributed by atoms with Crippen molar-refractivity contribution >= 4 is 11.4 Å². The molecule has 0 aliphatic rings. The second-order valence-corrected chi connectivity index (χ2v) is 4.83. The number of nitrogens with zero attached hydrogens (tertiary/aromatic N) is 3. The lowest BCUT2D eigenvalue weighted by molar-refractivity contribution is -0.385. The second-order valence-electron chi connectivity index (χ2n) is 4.83. The summed E-state index contributed by atoms with van der Waals surface area (Å²) < 4.78 is 1.84. The molecule has 6 nitrogen and oxygen atoms in total. The molecule has 106 valence electrons. The van der Waals surface area contributed by atoms with Crippen molar-refractivity contribution in [1.29, 1.82) is 0 Å². The zero-order chi connectivity index (χ0) is 14.9. The first kappa shape index (κ1) is 14.0. The van der Waals surface area contributed by atoms with Gasteiger partial charge in [0.25, 0.3) is 5.69 Å². The number of hydrogen-bond donors (Lipinski definition) is 1. The lowest BCUT2D eigenvalue weighted by Crippen LogP contribution is -2.04. The Bertz CT molecular complexity index is 661. The summed E-state index contributed by atoms with van der Waals surface area (Å²) in [7, 11) is 1.91. The molecule has 2 rings (SSSR count). The van der Waals surface area contributed by atoms with E-state index in [1.54, 1.807) is 13.0 Å². The predicted molar refractivity (Wildman–Crippen MR) is 77.8 cm³/mol. The van der Waals surface area contributed by atoms with E-state index in [4.69, 9.17) is 0 Å². The maximum atomic E-state index is 10.9. The first-order valence-corrected chi connectivity index (χ1v) is 6.38. The van der Waals surface area contributed by atoms with Crippen molar-refractivity contribution in [2.24, 2.45) is 7.05 Å². The Labute approximate surface area is 117 Å².